The molecule has 30 heavy (non-hydrogen) atoms. The van der Waals surface area contributed by atoms with Gasteiger partial charge in [0.15, 0.2) is 0 Å². The molecule has 0 aromatic rings. The fraction of sp³-hybridized carbons (Fsp3) is 1.00. The SMILES string of the molecule is NOCCCC(F)(F)C(F)(F)C(F)(F)C(F)(F)C(F)(F)C(F)(F)C(F)(F)C(F)(F)F. The van der Waals surface area contributed by atoms with Crippen molar-refractivity contribution in [2.45, 2.75) is 60.5 Å². The van der Waals surface area contributed by atoms with E-state index < -0.39 is 67.1 Å². The summed E-state index contributed by atoms with van der Waals surface area (Å²) >= 11 is 0. The van der Waals surface area contributed by atoms with Crippen LogP contribution in [-0.2, 0) is 4.84 Å². The van der Waals surface area contributed by atoms with Crippen LogP contribution in [0.25, 0.3) is 0 Å². The molecule has 0 aliphatic carbocycles. The molecule has 0 radical (unpaired) electrons. The lowest BCUT2D eigenvalue weighted by Gasteiger charge is -2.42. The smallest absolute Gasteiger partial charge is 0.305 e. The highest BCUT2D eigenvalue weighted by Gasteiger charge is 2.95. The standard InChI is InChI=1S/C11H8F17NO/c12-4(13,2-1-3-30-29)5(14,15)6(16,17)7(18,19)8(20,21)9(22,23)10(24,25)11(26,27)28/h1-3,29H2. The molecule has 0 aromatic heterocycles. The zero-order valence-corrected chi connectivity index (χ0v) is 13.5. The molecule has 19 heteroatoms. The summed E-state index contributed by atoms with van der Waals surface area (Å²) in [5.74, 6) is -51.9. The summed E-state index contributed by atoms with van der Waals surface area (Å²) in [5, 5.41) is 0. The average molecular weight is 493 g/mol. The third kappa shape index (κ3) is 3.86. The first-order valence-electron chi connectivity index (χ1n) is 6.84. The number of hydrogen-bond acceptors (Lipinski definition) is 2. The average Bonchev–Trinajstić information content (AvgIpc) is 2.52. The normalized spacial score (nSPS) is 16.2. The van der Waals surface area contributed by atoms with Gasteiger partial charge < -0.3 is 4.84 Å². The fourth-order valence-electron chi connectivity index (χ4n) is 1.73. The van der Waals surface area contributed by atoms with Gasteiger partial charge >= 0.3 is 47.6 Å². The molecule has 182 valence electrons. The zero-order valence-electron chi connectivity index (χ0n) is 13.5. The number of alkyl halides is 17. The Morgan fingerprint density at radius 2 is 0.767 bits per heavy atom. The van der Waals surface area contributed by atoms with Crippen LogP contribution in [0.3, 0.4) is 0 Å². The number of nitrogens with two attached hydrogens (primary N) is 1. The molecule has 0 aromatic carbocycles. The summed E-state index contributed by atoms with van der Waals surface area (Å²) < 4.78 is 219. The van der Waals surface area contributed by atoms with Crippen LogP contribution in [0.4, 0.5) is 74.6 Å². The van der Waals surface area contributed by atoms with Crippen LogP contribution in [0.2, 0.25) is 0 Å². The van der Waals surface area contributed by atoms with Crippen LogP contribution < -0.4 is 5.90 Å². The molecule has 0 unspecified atom stereocenters. The van der Waals surface area contributed by atoms with Crippen molar-refractivity contribution in [2.24, 2.45) is 5.90 Å². The second-order valence-electron chi connectivity index (χ2n) is 5.62. The second-order valence-corrected chi connectivity index (χ2v) is 5.62. The molecule has 2 nitrogen and oxygen atoms in total. The lowest BCUT2D eigenvalue weighted by molar-refractivity contribution is -0.461. The van der Waals surface area contributed by atoms with Crippen LogP contribution in [0, 0.1) is 0 Å². The summed E-state index contributed by atoms with van der Waals surface area (Å²) in [4.78, 5) is 3.55. The highest BCUT2D eigenvalue weighted by molar-refractivity contribution is 5.15. The Kier molecular flexibility index (Phi) is 7.37. The van der Waals surface area contributed by atoms with E-state index in [2.05, 4.69) is 10.7 Å². The topological polar surface area (TPSA) is 35.2 Å². The van der Waals surface area contributed by atoms with E-state index in [1.807, 2.05) is 0 Å². The Balaban J connectivity index is 6.48. The van der Waals surface area contributed by atoms with E-state index in [1.165, 1.54) is 0 Å². The third-order valence-electron chi connectivity index (χ3n) is 3.54. The van der Waals surface area contributed by atoms with Crippen molar-refractivity contribution in [2.75, 3.05) is 6.61 Å². The predicted molar refractivity (Wildman–Crippen MR) is 60.1 cm³/mol. The minimum Gasteiger partial charge on any atom is -0.305 e. The van der Waals surface area contributed by atoms with E-state index in [-0.39, 0.29) is 0 Å². The summed E-state index contributed by atoms with van der Waals surface area (Å²) in [7, 11) is 0. The second kappa shape index (κ2) is 7.70. The van der Waals surface area contributed by atoms with Gasteiger partial charge in [-0.25, -0.2) is 5.90 Å². The number of hydrogen-bond donors (Lipinski definition) is 1. The van der Waals surface area contributed by atoms with E-state index in [1.54, 1.807) is 0 Å². The van der Waals surface area contributed by atoms with Crippen LogP contribution in [0.1, 0.15) is 12.8 Å². The monoisotopic (exact) mass is 493 g/mol. The molecular formula is C11H8F17NO. The molecule has 0 spiro atoms. The van der Waals surface area contributed by atoms with Gasteiger partial charge in [0.25, 0.3) is 0 Å². The third-order valence-corrected chi connectivity index (χ3v) is 3.54. The first-order valence-corrected chi connectivity index (χ1v) is 6.84. The van der Waals surface area contributed by atoms with E-state index >= 15 is 0 Å². The summed E-state index contributed by atoms with van der Waals surface area (Å²) in [6, 6.07) is 0. The molecule has 0 atom stereocenters. The molecule has 0 rings (SSSR count). The van der Waals surface area contributed by atoms with Gasteiger partial charge in [-0.3, -0.25) is 0 Å². The maximum atomic E-state index is 13.3. The minimum absolute atomic E-state index is 1.11. The maximum absolute atomic E-state index is 13.3. The van der Waals surface area contributed by atoms with Crippen molar-refractivity contribution >= 4 is 0 Å². The molecule has 0 aliphatic heterocycles. The van der Waals surface area contributed by atoms with E-state index in [4.69, 9.17) is 0 Å². The fourth-order valence-corrected chi connectivity index (χ4v) is 1.73. The highest BCUT2D eigenvalue weighted by atomic mass is 19.4. The maximum Gasteiger partial charge on any atom is 0.460 e. The summed E-state index contributed by atoms with van der Waals surface area (Å²) in [5.41, 5.74) is 0. The van der Waals surface area contributed by atoms with Crippen LogP contribution in [-0.4, -0.2) is 54.2 Å². The van der Waals surface area contributed by atoms with E-state index in [0.717, 1.165) is 0 Å². The molecule has 2 N–H and O–H groups in total. The molecular weight excluding hydrogens is 485 g/mol. The molecule has 0 saturated carbocycles. The molecule has 0 saturated heterocycles. The van der Waals surface area contributed by atoms with Crippen molar-refractivity contribution in [3.05, 3.63) is 0 Å². The van der Waals surface area contributed by atoms with Gasteiger partial charge in [0, 0.05) is 6.42 Å². The van der Waals surface area contributed by atoms with Crippen LogP contribution >= 0.6 is 0 Å². The number of halogens is 17. The summed E-state index contributed by atoms with van der Waals surface area (Å²) in [6.45, 7) is -1.11. The Hall–Kier alpha value is -1.27. The van der Waals surface area contributed by atoms with Gasteiger partial charge in [0.1, 0.15) is 0 Å². The largest absolute Gasteiger partial charge is 0.460 e. The molecule has 0 fully saturated rings. The van der Waals surface area contributed by atoms with Gasteiger partial charge in [-0.2, -0.15) is 74.6 Å². The lowest BCUT2D eigenvalue weighted by Crippen LogP contribution is -2.74. The Bertz CT molecular complexity index is 595. The lowest BCUT2D eigenvalue weighted by atomic mass is 9.88. The number of rotatable bonds is 10. The van der Waals surface area contributed by atoms with Gasteiger partial charge in [-0.15, -0.1) is 0 Å². The van der Waals surface area contributed by atoms with Gasteiger partial charge in [-0.1, -0.05) is 0 Å². The molecule has 0 amide bonds. The van der Waals surface area contributed by atoms with Crippen LogP contribution in [0.15, 0.2) is 0 Å². The molecule has 0 aliphatic rings. The van der Waals surface area contributed by atoms with Crippen molar-refractivity contribution in [3.63, 3.8) is 0 Å². The van der Waals surface area contributed by atoms with Crippen molar-refractivity contribution in [3.8, 4) is 0 Å². The highest BCUT2D eigenvalue weighted by Crippen LogP contribution is 2.64. The first-order chi connectivity index (χ1) is 12.8. The zero-order chi connectivity index (χ0) is 24.8. The predicted octanol–water partition coefficient (Wildman–Crippen LogP) is 5.67. The van der Waals surface area contributed by atoms with Crippen LogP contribution in [0.5, 0.6) is 0 Å². The van der Waals surface area contributed by atoms with Gasteiger partial charge in [-0.05, 0) is 6.42 Å². The van der Waals surface area contributed by atoms with Gasteiger partial charge in [0.05, 0.1) is 6.61 Å². The summed E-state index contributed by atoms with van der Waals surface area (Å²) in [6.07, 6.45) is -11.7. The first kappa shape index (κ1) is 28.7. The van der Waals surface area contributed by atoms with E-state index in [0.29, 0.717) is 0 Å². The molecule has 0 bridgehead atoms. The van der Waals surface area contributed by atoms with Crippen molar-refractivity contribution in [1.82, 2.24) is 0 Å². The Morgan fingerprint density at radius 3 is 1.07 bits per heavy atom. The van der Waals surface area contributed by atoms with Crippen molar-refractivity contribution < 1.29 is 79.5 Å². The Labute approximate surface area is 154 Å². The Morgan fingerprint density at radius 1 is 0.467 bits per heavy atom. The van der Waals surface area contributed by atoms with Crippen molar-refractivity contribution in [1.29, 1.82) is 0 Å². The minimum atomic E-state index is -8.61. The van der Waals surface area contributed by atoms with Gasteiger partial charge in [0.2, 0.25) is 0 Å². The molecule has 0 heterocycles. The quantitative estimate of drug-likeness (QED) is 0.242. The van der Waals surface area contributed by atoms with E-state index in [9.17, 15) is 74.6 Å².